The number of hydrogen-bond acceptors (Lipinski definition) is 4. The van der Waals surface area contributed by atoms with Crippen LogP contribution in [0.1, 0.15) is 5.56 Å². The predicted molar refractivity (Wildman–Crippen MR) is 71.2 cm³/mol. The number of nitriles is 1. The van der Waals surface area contributed by atoms with E-state index in [1.165, 1.54) is 11.8 Å². The highest BCUT2D eigenvalue weighted by atomic mass is 32.2. The third-order valence-electron chi connectivity index (χ3n) is 2.47. The van der Waals surface area contributed by atoms with Gasteiger partial charge in [0.15, 0.2) is 5.16 Å². The van der Waals surface area contributed by atoms with Crippen LogP contribution in [0.25, 0.3) is 5.69 Å². The predicted octanol–water partition coefficient (Wildman–Crippen LogP) is 2.81. The van der Waals surface area contributed by atoms with Gasteiger partial charge in [-0.25, -0.2) is 4.98 Å². The maximum Gasteiger partial charge on any atom is 0.173 e. The summed E-state index contributed by atoms with van der Waals surface area (Å²) in [5.41, 5.74) is 2.09. The molecule has 1 aromatic carbocycles. The normalized spacial score (nSPS) is 10.1. The molecule has 4 nitrogen and oxygen atoms in total. The van der Waals surface area contributed by atoms with E-state index in [1.807, 2.05) is 35.9 Å². The molecule has 0 amide bonds. The van der Waals surface area contributed by atoms with E-state index < -0.39 is 0 Å². The van der Waals surface area contributed by atoms with Crippen molar-refractivity contribution in [3.05, 3.63) is 36.2 Å². The first kappa shape index (κ1) is 12.5. The summed E-state index contributed by atoms with van der Waals surface area (Å²) in [6.45, 7) is 2.03. The lowest BCUT2D eigenvalue weighted by Gasteiger charge is -2.12. The second kappa shape index (κ2) is 5.61. The van der Waals surface area contributed by atoms with Crippen LogP contribution in [0.2, 0.25) is 0 Å². The summed E-state index contributed by atoms with van der Waals surface area (Å²) in [5.74, 6) is 1.17. The number of imidazole rings is 1. The molecule has 0 aliphatic carbocycles. The average Bonchev–Trinajstić information content (AvgIpc) is 2.84. The molecule has 0 unspecified atom stereocenters. The minimum atomic E-state index is 0.380. The van der Waals surface area contributed by atoms with Gasteiger partial charge in [0.25, 0.3) is 0 Å². The molecule has 5 heteroatoms. The molecule has 0 saturated carbocycles. The van der Waals surface area contributed by atoms with E-state index in [0.717, 1.165) is 22.2 Å². The van der Waals surface area contributed by atoms with Crippen LogP contribution >= 0.6 is 11.8 Å². The van der Waals surface area contributed by atoms with E-state index in [1.54, 1.807) is 13.3 Å². The van der Waals surface area contributed by atoms with Gasteiger partial charge < -0.3 is 4.74 Å². The molecule has 2 rings (SSSR count). The first-order valence-electron chi connectivity index (χ1n) is 5.44. The molecule has 92 valence electrons. The van der Waals surface area contributed by atoms with E-state index >= 15 is 0 Å². The third-order valence-corrected chi connectivity index (χ3v) is 3.30. The second-order valence-corrected chi connectivity index (χ2v) is 4.64. The van der Waals surface area contributed by atoms with E-state index in [0.29, 0.717) is 5.75 Å². The smallest absolute Gasteiger partial charge is 0.173 e. The second-order valence-electron chi connectivity index (χ2n) is 3.70. The van der Waals surface area contributed by atoms with Crippen molar-refractivity contribution in [1.29, 1.82) is 5.26 Å². The number of ether oxygens (including phenoxy) is 1. The molecule has 0 atom stereocenters. The van der Waals surface area contributed by atoms with Crippen LogP contribution in [0.15, 0.2) is 35.7 Å². The zero-order valence-electron chi connectivity index (χ0n) is 10.3. The summed E-state index contributed by atoms with van der Waals surface area (Å²) in [4.78, 5) is 4.25. The molecule has 2 aromatic rings. The Morgan fingerprint density at radius 2 is 2.33 bits per heavy atom. The number of thioether (sulfide) groups is 1. The maximum atomic E-state index is 8.64. The molecule has 0 radical (unpaired) electrons. The molecule has 1 heterocycles. The Morgan fingerprint density at radius 1 is 1.50 bits per heavy atom. The number of rotatable bonds is 4. The summed E-state index contributed by atoms with van der Waals surface area (Å²) in [5, 5.41) is 9.43. The lowest BCUT2D eigenvalue weighted by Crippen LogP contribution is -1.99. The topological polar surface area (TPSA) is 50.8 Å². The molecule has 0 fully saturated rings. The number of aromatic nitrogens is 2. The molecule has 0 saturated heterocycles. The summed E-state index contributed by atoms with van der Waals surface area (Å²) in [6, 6.07) is 8.08. The number of aryl methyl sites for hydroxylation is 1. The van der Waals surface area contributed by atoms with Gasteiger partial charge in [0.05, 0.1) is 24.6 Å². The van der Waals surface area contributed by atoms with E-state index in [4.69, 9.17) is 10.00 Å². The molecule has 0 aliphatic rings. The van der Waals surface area contributed by atoms with Crippen molar-refractivity contribution >= 4 is 11.8 Å². The highest BCUT2D eigenvalue weighted by Crippen LogP contribution is 2.28. The Balaban J connectivity index is 2.45. The quantitative estimate of drug-likeness (QED) is 0.792. The van der Waals surface area contributed by atoms with Gasteiger partial charge in [-0.15, -0.1) is 0 Å². The molecule has 0 spiro atoms. The summed E-state index contributed by atoms with van der Waals surface area (Å²) < 4.78 is 7.30. The fourth-order valence-electron chi connectivity index (χ4n) is 1.66. The van der Waals surface area contributed by atoms with Crippen LogP contribution in [0.4, 0.5) is 0 Å². The Morgan fingerprint density at radius 3 is 3.06 bits per heavy atom. The molecule has 1 aromatic heterocycles. The van der Waals surface area contributed by atoms with Crippen LogP contribution in [-0.2, 0) is 0 Å². The molecule has 0 N–H and O–H groups in total. The van der Waals surface area contributed by atoms with E-state index in [2.05, 4.69) is 11.1 Å². The number of benzene rings is 1. The lowest BCUT2D eigenvalue weighted by atomic mass is 10.2. The van der Waals surface area contributed by atoms with Crippen molar-refractivity contribution < 1.29 is 4.74 Å². The van der Waals surface area contributed by atoms with Gasteiger partial charge in [-0.1, -0.05) is 17.8 Å². The van der Waals surface area contributed by atoms with Crippen LogP contribution < -0.4 is 4.74 Å². The highest BCUT2D eigenvalue weighted by Gasteiger charge is 2.10. The lowest BCUT2D eigenvalue weighted by molar-refractivity contribution is 0.412. The van der Waals surface area contributed by atoms with Crippen molar-refractivity contribution in [2.75, 3.05) is 12.9 Å². The van der Waals surface area contributed by atoms with Gasteiger partial charge in [-0.3, -0.25) is 4.57 Å². The van der Waals surface area contributed by atoms with Gasteiger partial charge in [0, 0.05) is 12.4 Å². The standard InChI is InChI=1S/C13H13N3OS/c1-10-3-4-12(17-2)11(9-10)16-7-6-15-13(16)18-8-5-14/h3-4,6-7,9H,8H2,1-2H3. The Bertz CT molecular complexity index is 586. The van der Waals surface area contributed by atoms with Crippen molar-refractivity contribution in [3.63, 3.8) is 0 Å². The Hall–Kier alpha value is -1.93. The molecular formula is C13H13N3OS. The average molecular weight is 259 g/mol. The zero-order valence-corrected chi connectivity index (χ0v) is 11.1. The van der Waals surface area contributed by atoms with E-state index in [-0.39, 0.29) is 0 Å². The van der Waals surface area contributed by atoms with Crippen molar-refractivity contribution in [3.8, 4) is 17.5 Å². The van der Waals surface area contributed by atoms with Crippen molar-refractivity contribution in [1.82, 2.24) is 9.55 Å². The zero-order chi connectivity index (χ0) is 13.0. The minimum absolute atomic E-state index is 0.380. The summed E-state index contributed by atoms with van der Waals surface area (Å²) in [7, 11) is 1.65. The van der Waals surface area contributed by atoms with E-state index in [9.17, 15) is 0 Å². The number of nitrogens with zero attached hydrogens (tertiary/aromatic N) is 3. The first-order valence-corrected chi connectivity index (χ1v) is 6.43. The van der Waals surface area contributed by atoms with Gasteiger partial charge in [-0.05, 0) is 24.6 Å². The van der Waals surface area contributed by atoms with Crippen LogP contribution in [-0.4, -0.2) is 22.4 Å². The largest absolute Gasteiger partial charge is 0.495 e. The monoisotopic (exact) mass is 259 g/mol. The first-order chi connectivity index (χ1) is 8.76. The molecule has 18 heavy (non-hydrogen) atoms. The summed E-state index contributed by atoms with van der Waals surface area (Å²) >= 11 is 1.41. The van der Waals surface area contributed by atoms with Crippen molar-refractivity contribution in [2.24, 2.45) is 0 Å². The summed E-state index contributed by atoms with van der Waals surface area (Å²) in [6.07, 6.45) is 3.60. The van der Waals surface area contributed by atoms with Crippen molar-refractivity contribution in [2.45, 2.75) is 12.1 Å². The molecule has 0 aliphatic heterocycles. The maximum absolute atomic E-state index is 8.64. The number of methoxy groups -OCH3 is 1. The SMILES string of the molecule is COc1ccc(C)cc1-n1ccnc1SCC#N. The van der Waals surface area contributed by atoms with Gasteiger partial charge in [0.1, 0.15) is 5.75 Å². The Kier molecular flexibility index (Phi) is 3.90. The fourth-order valence-corrected chi connectivity index (χ4v) is 2.29. The third kappa shape index (κ3) is 2.49. The number of hydrogen-bond donors (Lipinski definition) is 0. The molecule has 0 bridgehead atoms. The van der Waals surface area contributed by atoms with Crippen LogP contribution in [0.3, 0.4) is 0 Å². The van der Waals surface area contributed by atoms with Crippen LogP contribution in [0.5, 0.6) is 5.75 Å². The van der Waals surface area contributed by atoms with Crippen LogP contribution in [0, 0.1) is 18.3 Å². The molecular weight excluding hydrogens is 246 g/mol. The van der Waals surface area contributed by atoms with Gasteiger partial charge in [0.2, 0.25) is 0 Å². The van der Waals surface area contributed by atoms with Gasteiger partial charge >= 0.3 is 0 Å². The highest BCUT2D eigenvalue weighted by molar-refractivity contribution is 7.99. The Labute approximate surface area is 110 Å². The minimum Gasteiger partial charge on any atom is -0.495 e. The van der Waals surface area contributed by atoms with Gasteiger partial charge in [-0.2, -0.15) is 5.26 Å². The fraction of sp³-hybridized carbons (Fsp3) is 0.231.